The van der Waals surface area contributed by atoms with Crippen molar-refractivity contribution in [2.45, 2.75) is 71.6 Å². The number of amides is 1. The van der Waals surface area contributed by atoms with Gasteiger partial charge in [0, 0.05) is 24.4 Å². The number of ether oxygens (including phenoxy) is 1. The number of alkyl carbamates (subject to hydrolysis) is 1. The Morgan fingerprint density at radius 2 is 2.05 bits per heavy atom. The first-order chi connectivity index (χ1) is 10.1. The summed E-state index contributed by atoms with van der Waals surface area (Å²) in [4.78, 5) is 11.8. The van der Waals surface area contributed by atoms with Gasteiger partial charge in [-0.1, -0.05) is 13.8 Å². The zero-order chi connectivity index (χ0) is 16.4. The molecule has 2 rings (SSSR count). The highest BCUT2D eigenvalue weighted by molar-refractivity contribution is 7.99. The summed E-state index contributed by atoms with van der Waals surface area (Å²) in [5.41, 5.74) is -0.0239. The number of rotatable bonds is 5. The first-order valence-corrected chi connectivity index (χ1v) is 9.61. The molecule has 0 radical (unpaired) electrons. The van der Waals surface area contributed by atoms with Crippen LogP contribution >= 0.6 is 11.8 Å². The van der Waals surface area contributed by atoms with E-state index in [1.807, 2.05) is 32.5 Å². The number of nitrogens with one attached hydrogen (secondary N) is 2. The molecule has 4 nitrogen and oxygen atoms in total. The molecule has 0 aromatic heterocycles. The molecule has 2 N–H and O–H groups in total. The Morgan fingerprint density at radius 1 is 1.36 bits per heavy atom. The largest absolute Gasteiger partial charge is 0.444 e. The average Bonchev–Trinajstić information content (AvgIpc) is 3.15. The van der Waals surface area contributed by atoms with E-state index in [4.69, 9.17) is 4.74 Å². The van der Waals surface area contributed by atoms with E-state index in [0.717, 1.165) is 0 Å². The summed E-state index contributed by atoms with van der Waals surface area (Å²) in [6.45, 7) is 11.0. The molecule has 5 heteroatoms. The molecule has 0 bridgehead atoms. The molecule has 0 spiro atoms. The Bertz CT molecular complexity index is 389. The van der Waals surface area contributed by atoms with Crippen LogP contribution in [-0.4, -0.2) is 41.8 Å². The quantitative estimate of drug-likeness (QED) is 0.812. The third-order valence-corrected chi connectivity index (χ3v) is 5.74. The fourth-order valence-electron chi connectivity index (χ4n) is 3.04. The molecule has 1 aliphatic carbocycles. The molecule has 1 heterocycles. The van der Waals surface area contributed by atoms with E-state index in [2.05, 4.69) is 24.5 Å². The standard InChI is InChI=1S/C17H32N2O2S/c1-16(2,3)21-15(20)18-9-14(12-6-7-12)19-13-8-17(4,5)11-22-10-13/h12-14,19H,6-11H2,1-5H3,(H,18,20). The second kappa shape index (κ2) is 7.00. The van der Waals surface area contributed by atoms with Crippen molar-refractivity contribution in [3.05, 3.63) is 0 Å². The SMILES string of the molecule is CC1(C)CSCC(NC(CNC(=O)OC(C)(C)C)C2CC2)C1. The Morgan fingerprint density at radius 3 is 2.59 bits per heavy atom. The van der Waals surface area contributed by atoms with Crippen molar-refractivity contribution in [2.24, 2.45) is 11.3 Å². The third kappa shape index (κ3) is 6.37. The summed E-state index contributed by atoms with van der Waals surface area (Å²) in [6, 6.07) is 0.937. The van der Waals surface area contributed by atoms with Gasteiger partial charge in [0.25, 0.3) is 0 Å². The smallest absolute Gasteiger partial charge is 0.407 e. The van der Waals surface area contributed by atoms with Gasteiger partial charge in [-0.05, 0) is 57.1 Å². The minimum absolute atomic E-state index is 0.307. The maximum atomic E-state index is 11.8. The van der Waals surface area contributed by atoms with Crippen LogP contribution in [0.25, 0.3) is 0 Å². The molecule has 1 saturated heterocycles. The van der Waals surface area contributed by atoms with Crippen LogP contribution < -0.4 is 10.6 Å². The molecule has 2 fully saturated rings. The second-order valence-electron chi connectivity index (χ2n) is 8.57. The molecule has 1 saturated carbocycles. The summed E-state index contributed by atoms with van der Waals surface area (Å²) in [5, 5.41) is 6.74. The predicted molar refractivity (Wildman–Crippen MR) is 93.4 cm³/mol. The van der Waals surface area contributed by atoms with Crippen LogP contribution in [-0.2, 0) is 4.74 Å². The van der Waals surface area contributed by atoms with Crippen molar-refractivity contribution in [2.75, 3.05) is 18.1 Å². The number of carbonyl (C=O) groups is 1. The molecular weight excluding hydrogens is 296 g/mol. The van der Waals surface area contributed by atoms with E-state index < -0.39 is 5.60 Å². The highest BCUT2D eigenvalue weighted by Gasteiger charge is 2.35. The molecule has 1 aliphatic heterocycles. The third-order valence-electron chi connectivity index (χ3n) is 4.12. The van der Waals surface area contributed by atoms with Gasteiger partial charge < -0.3 is 15.4 Å². The summed E-state index contributed by atoms with van der Waals surface area (Å²) in [5.74, 6) is 3.14. The van der Waals surface area contributed by atoms with E-state index >= 15 is 0 Å². The Hall–Kier alpha value is -0.420. The van der Waals surface area contributed by atoms with Crippen LogP contribution in [0.4, 0.5) is 4.79 Å². The van der Waals surface area contributed by atoms with Crippen LogP contribution in [0.1, 0.15) is 53.9 Å². The van der Waals surface area contributed by atoms with Crippen LogP contribution in [0.3, 0.4) is 0 Å². The van der Waals surface area contributed by atoms with Crippen LogP contribution in [0.5, 0.6) is 0 Å². The van der Waals surface area contributed by atoms with Crippen molar-refractivity contribution in [3.8, 4) is 0 Å². The zero-order valence-corrected chi connectivity index (χ0v) is 15.5. The second-order valence-corrected chi connectivity index (χ2v) is 9.60. The van der Waals surface area contributed by atoms with Crippen molar-refractivity contribution in [1.82, 2.24) is 10.6 Å². The number of thioether (sulfide) groups is 1. The molecule has 0 aromatic rings. The van der Waals surface area contributed by atoms with Gasteiger partial charge in [0.05, 0.1) is 0 Å². The summed E-state index contributed by atoms with van der Waals surface area (Å²) in [7, 11) is 0. The van der Waals surface area contributed by atoms with Gasteiger partial charge in [-0.3, -0.25) is 0 Å². The highest BCUT2D eigenvalue weighted by Crippen LogP contribution is 2.36. The number of hydrogen-bond acceptors (Lipinski definition) is 4. The first-order valence-electron chi connectivity index (χ1n) is 8.45. The maximum absolute atomic E-state index is 11.8. The minimum atomic E-state index is -0.434. The van der Waals surface area contributed by atoms with Crippen molar-refractivity contribution >= 4 is 17.9 Å². The van der Waals surface area contributed by atoms with Gasteiger partial charge in [0.2, 0.25) is 0 Å². The Labute approximate surface area is 139 Å². The fraction of sp³-hybridized carbons (Fsp3) is 0.941. The normalized spacial score (nSPS) is 26.3. The van der Waals surface area contributed by atoms with Gasteiger partial charge in [0.15, 0.2) is 0 Å². The van der Waals surface area contributed by atoms with Crippen molar-refractivity contribution < 1.29 is 9.53 Å². The first kappa shape index (κ1) is 17.9. The maximum Gasteiger partial charge on any atom is 0.407 e. The van der Waals surface area contributed by atoms with Gasteiger partial charge >= 0.3 is 6.09 Å². The summed E-state index contributed by atoms with van der Waals surface area (Å²) in [6.07, 6.45) is 3.46. The monoisotopic (exact) mass is 328 g/mol. The van der Waals surface area contributed by atoms with Crippen LogP contribution in [0.2, 0.25) is 0 Å². The van der Waals surface area contributed by atoms with Crippen molar-refractivity contribution in [3.63, 3.8) is 0 Å². The minimum Gasteiger partial charge on any atom is -0.444 e. The van der Waals surface area contributed by atoms with E-state index in [0.29, 0.717) is 30.0 Å². The van der Waals surface area contributed by atoms with Gasteiger partial charge in [-0.2, -0.15) is 11.8 Å². The zero-order valence-electron chi connectivity index (χ0n) is 14.7. The van der Waals surface area contributed by atoms with E-state index in [-0.39, 0.29) is 6.09 Å². The topological polar surface area (TPSA) is 50.4 Å². The molecular formula is C17H32N2O2S. The molecule has 128 valence electrons. The number of hydrogen-bond donors (Lipinski definition) is 2. The molecule has 22 heavy (non-hydrogen) atoms. The fourth-order valence-corrected chi connectivity index (χ4v) is 4.33. The lowest BCUT2D eigenvalue weighted by atomic mass is 9.87. The summed E-state index contributed by atoms with van der Waals surface area (Å²) < 4.78 is 5.33. The lowest BCUT2D eigenvalue weighted by Gasteiger charge is -2.37. The van der Waals surface area contributed by atoms with E-state index in [1.165, 1.54) is 30.8 Å². The van der Waals surface area contributed by atoms with E-state index in [1.54, 1.807) is 0 Å². The summed E-state index contributed by atoms with van der Waals surface area (Å²) >= 11 is 2.04. The van der Waals surface area contributed by atoms with Gasteiger partial charge in [-0.15, -0.1) is 0 Å². The Kier molecular flexibility index (Phi) is 5.70. The highest BCUT2D eigenvalue weighted by atomic mass is 32.2. The molecule has 0 aromatic carbocycles. The van der Waals surface area contributed by atoms with Gasteiger partial charge in [0.1, 0.15) is 5.60 Å². The predicted octanol–water partition coefficient (Wildman–Crippen LogP) is 3.41. The number of carbonyl (C=O) groups excluding carboxylic acids is 1. The lowest BCUT2D eigenvalue weighted by Crippen LogP contribution is -2.50. The van der Waals surface area contributed by atoms with Gasteiger partial charge in [-0.25, -0.2) is 4.79 Å². The molecule has 2 atom stereocenters. The molecule has 2 aliphatic rings. The Balaban J connectivity index is 1.79. The van der Waals surface area contributed by atoms with Crippen LogP contribution in [0, 0.1) is 11.3 Å². The average molecular weight is 329 g/mol. The lowest BCUT2D eigenvalue weighted by molar-refractivity contribution is 0.0519. The molecule has 2 unspecified atom stereocenters. The van der Waals surface area contributed by atoms with Crippen LogP contribution in [0.15, 0.2) is 0 Å². The molecule has 1 amide bonds. The van der Waals surface area contributed by atoms with Crippen molar-refractivity contribution in [1.29, 1.82) is 0 Å². The van der Waals surface area contributed by atoms with E-state index in [9.17, 15) is 4.79 Å².